The number of carbonyl (C=O) groups is 1. The highest BCUT2D eigenvalue weighted by Gasteiger charge is 2.45. The van der Waals surface area contributed by atoms with Gasteiger partial charge in [0.25, 0.3) is 0 Å². The van der Waals surface area contributed by atoms with Gasteiger partial charge in [0.2, 0.25) is 5.91 Å². The summed E-state index contributed by atoms with van der Waals surface area (Å²) in [6.07, 6.45) is 0.0800. The summed E-state index contributed by atoms with van der Waals surface area (Å²) in [5.41, 5.74) is 0. The van der Waals surface area contributed by atoms with Gasteiger partial charge < -0.3 is 20.6 Å². The van der Waals surface area contributed by atoms with Gasteiger partial charge in [-0.3, -0.25) is 9.69 Å². The first kappa shape index (κ1) is 17.1. The van der Waals surface area contributed by atoms with E-state index in [9.17, 15) is 20.1 Å². The second-order valence-corrected chi connectivity index (χ2v) is 7.01. The zero-order valence-corrected chi connectivity index (χ0v) is 13.6. The zero-order chi connectivity index (χ0) is 16.6. The average molecular weight is 328 g/mol. The number of hydrogen-bond acceptors (Lipinski definition) is 7. The van der Waals surface area contributed by atoms with E-state index in [1.165, 1.54) is 6.92 Å². The molecule has 0 aromatic rings. The van der Waals surface area contributed by atoms with Gasteiger partial charge in [-0.05, 0) is 12.8 Å². The molecule has 4 N–H and O–H groups in total. The van der Waals surface area contributed by atoms with Crippen molar-refractivity contribution < 1.29 is 20.1 Å². The fourth-order valence-corrected chi connectivity index (χ4v) is 4.07. The normalized spacial score (nSPS) is 40.1. The van der Waals surface area contributed by atoms with E-state index in [-0.39, 0.29) is 24.1 Å². The lowest BCUT2D eigenvalue weighted by Crippen LogP contribution is -2.55. The second-order valence-electron chi connectivity index (χ2n) is 7.01. The Kier molecular flexibility index (Phi) is 5.19. The molecule has 0 saturated carbocycles. The molecule has 0 radical (unpaired) electrons. The highest BCUT2D eigenvalue weighted by molar-refractivity contribution is 5.72. The standard InChI is InChI=1S/C15H28N4O4/c1-10(20)16-6-11-2-5-19(18-8-13(22)14(23)9-18)15(11)17-4-3-12(21)7-17/h11-15,21-23H,2-9H2,1H3,(H,16,20). The molecule has 0 bridgehead atoms. The predicted octanol–water partition coefficient (Wildman–Crippen LogP) is -2.21. The summed E-state index contributed by atoms with van der Waals surface area (Å²) in [5.74, 6) is 0.245. The zero-order valence-electron chi connectivity index (χ0n) is 13.6. The first-order valence-electron chi connectivity index (χ1n) is 8.50. The lowest BCUT2D eigenvalue weighted by Gasteiger charge is -2.40. The van der Waals surface area contributed by atoms with E-state index < -0.39 is 12.2 Å². The molecule has 5 atom stereocenters. The number of aliphatic hydroxyl groups is 3. The summed E-state index contributed by atoms with van der Waals surface area (Å²) in [4.78, 5) is 13.5. The topological polar surface area (TPSA) is 99.5 Å². The Balaban J connectivity index is 1.71. The van der Waals surface area contributed by atoms with E-state index in [1.54, 1.807) is 0 Å². The first-order valence-corrected chi connectivity index (χ1v) is 8.50. The van der Waals surface area contributed by atoms with Gasteiger partial charge >= 0.3 is 0 Å². The lowest BCUT2D eigenvalue weighted by atomic mass is 10.1. The van der Waals surface area contributed by atoms with E-state index in [0.717, 1.165) is 25.9 Å². The summed E-state index contributed by atoms with van der Waals surface area (Å²) >= 11 is 0. The number of aliphatic hydroxyl groups excluding tert-OH is 3. The third-order valence-corrected chi connectivity index (χ3v) is 5.24. The highest BCUT2D eigenvalue weighted by atomic mass is 16.3. The minimum Gasteiger partial charge on any atom is -0.392 e. The summed E-state index contributed by atoms with van der Waals surface area (Å²) in [5, 5.41) is 36.7. The third-order valence-electron chi connectivity index (χ3n) is 5.24. The minimum absolute atomic E-state index is 0.0318. The van der Waals surface area contributed by atoms with Crippen LogP contribution in [0, 0.1) is 5.92 Å². The van der Waals surface area contributed by atoms with Gasteiger partial charge in [0, 0.05) is 52.1 Å². The Labute approximate surface area is 136 Å². The fraction of sp³-hybridized carbons (Fsp3) is 0.933. The predicted molar refractivity (Wildman–Crippen MR) is 83.1 cm³/mol. The molecule has 8 nitrogen and oxygen atoms in total. The SMILES string of the molecule is CC(=O)NCC1CCN(N2CC(O)C(O)C2)C1N1CCC(O)C1. The number of hydrazine groups is 1. The molecule has 0 aromatic carbocycles. The maximum Gasteiger partial charge on any atom is 0.216 e. The molecule has 3 rings (SSSR count). The van der Waals surface area contributed by atoms with Gasteiger partial charge in [-0.1, -0.05) is 0 Å². The molecule has 3 aliphatic rings. The molecule has 5 unspecified atom stereocenters. The van der Waals surface area contributed by atoms with Crippen LogP contribution in [-0.4, -0.2) is 99.9 Å². The maximum absolute atomic E-state index is 11.2. The number of amides is 1. The van der Waals surface area contributed by atoms with Crippen LogP contribution in [0.1, 0.15) is 19.8 Å². The van der Waals surface area contributed by atoms with Crippen LogP contribution in [0.15, 0.2) is 0 Å². The van der Waals surface area contributed by atoms with Crippen molar-refractivity contribution in [2.45, 2.75) is 44.2 Å². The molecule has 23 heavy (non-hydrogen) atoms. The largest absolute Gasteiger partial charge is 0.392 e. The Hall–Kier alpha value is -0.770. The molecule has 3 aliphatic heterocycles. The quantitative estimate of drug-likeness (QED) is 0.464. The Morgan fingerprint density at radius 1 is 1.09 bits per heavy atom. The molecule has 0 aliphatic carbocycles. The Morgan fingerprint density at radius 3 is 2.35 bits per heavy atom. The molecule has 3 heterocycles. The van der Waals surface area contributed by atoms with E-state index in [2.05, 4.69) is 15.2 Å². The molecule has 1 amide bonds. The minimum atomic E-state index is -0.714. The van der Waals surface area contributed by atoms with Crippen LogP contribution in [0.2, 0.25) is 0 Å². The van der Waals surface area contributed by atoms with Crippen molar-refractivity contribution in [3.8, 4) is 0 Å². The monoisotopic (exact) mass is 328 g/mol. The van der Waals surface area contributed by atoms with Crippen molar-refractivity contribution in [3.63, 3.8) is 0 Å². The lowest BCUT2D eigenvalue weighted by molar-refractivity contribution is -0.119. The second kappa shape index (κ2) is 7.00. The molecular formula is C15H28N4O4. The number of hydrogen-bond donors (Lipinski definition) is 4. The molecule has 3 saturated heterocycles. The van der Waals surface area contributed by atoms with Crippen LogP contribution in [0.3, 0.4) is 0 Å². The molecule has 132 valence electrons. The summed E-state index contributed by atoms with van der Waals surface area (Å²) in [7, 11) is 0. The summed E-state index contributed by atoms with van der Waals surface area (Å²) < 4.78 is 0. The number of likely N-dealkylation sites (tertiary alicyclic amines) is 1. The van der Waals surface area contributed by atoms with Crippen molar-refractivity contribution in [3.05, 3.63) is 0 Å². The first-order chi connectivity index (χ1) is 11.0. The van der Waals surface area contributed by atoms with Crippen molar-refractivity contribution >= 4 is 5.91 Å². The number of nitrogens with zero attached hydrogens (tertiary/aromatic N) is 3. The number of rotatable bonds is 4. The van der Waals surface area contributed by atoms with Crippen LogP contribution >= 0.6 is 0 Å². The summed E-state index contributed by atoms with van der Waals surface area (Å²) in [6.45, 7) is 5.30. The highest BCUT2D eigenvalue weighted by Crippen LogP contribution is 2.32. The maximum atomic E-state index is 11.2. The van der Waals surface area contributed by atoms with Crippen molar-refractivity contribution in [2.24, 2.45) is 5.92 Å². The van der Waals surface area contributed by atoms with Crippen molar-refractivity contribution in [1.29, 1.82) is 0 Å². The van der Waals surface area contributed by atoms with Gasteiger partial charge in [-0.15, -0.1) is 0 Å². The molecule has 3 fully saturated rings. The van der Waals surface area contributed by atoms with Gasteiger partial charge in [0.1, 0.15) is 0 Å². The van der Waals surface area contributed by atoms with Crippen LogP contribution < -0.4 is 5.32 Å². The van der Waals surface area contributed by atoms with Crippen molar-refractivity contribution in [1.82, 2.24) is 20.2 Å². The molecule has 0 spiro atoms. The van der Waals surface area contributed by atoms with E-state index in [4.69, 9.17) is 0 Å². The van der Waals surface area contributed by atoms with Gasteiger partial charge in [0.15, 0.2) is 0 Å². The number of nitrogens with one attached hydrogen (secondary N) is 1. The van der Waals surface area contributed by atoms with E-state index in [0.29, 0.717) is 26.2 Å². The van der Waals surface area contributed by atoms with Crippen LogP contribution in [0.5, 0.6) is 0 Å². The van der Waals surface area contributed by atoms with Gasteiger partial charge in [-0.2, -0.15) is 0 Å². The Morgan fingerprint density at radius 2 is 1.78 bits per heavy atom. The van der Waals surface area contributed by atoms with E-state index in [1.807, 2.05) is 5.01 Å². The fourth-order valence-electron chi connectivity index (χ4n) is 4.07. The van der Waals surface area contributed by atoms with Crippen molar-refractivity contribution in [2.75, 3.05) is 39.3 Å². The van der Waals surface area contributed by atoms with Gasteiger partial charge in [-0.25, -0.2) is 10.0 Å². The number of carbonyl (C=O) groups excluding carboxylic acids is 1. The summed E-state index contributed by atoms with van der Waals surface area (Å²) in [6, 6.07) is 0. The molecular weight excluding hydrogens is 300 g/mol. The van der Waals surface area contributed by atoms with E-state index >= 15 is 0 Å². The Bertz CT molecular complexity index is 428. The number of β-amino-alcohol motifs (C(OH)–C–C–N with tert-alkyl or cyclic N) is 3. The van der Waals surface area contributed by atoms with Crippen LogP contribution in [0.4, 0.5) is 0 Å². The smallest absolute Gasteiger partial charge is 0.216 e. The van der Waals surface area contributed by atoms with Crippen LogP contribution in [-0.2, 0) is 4.79 Å². The van der Waals surface area contributed by atoms with Crippen LogP contribution in [0.25, 0.3) is 0 Å². The third kappa shape index (κ3) is 3.67. The van der Waals surface area contributed by atoms with Gasteiger partial charge in [0.05, 0.1) is 24.5 Å². The average Bonchev–Trinajstić information content (AvgIpc) is 3.16. The molecule has 0 aromatic heterocycles. The molecule has 8 heteroatoms.